The molecule has 4 rings (SSSR count). The number of fused-ring (bicyclic) bond motifs is 1. The summed E-state index contributed by atoms with van der Waals surface area (Å²) < 4.78 is 18.5. The third-order valence-corrected chi connectivity index (χ3v) is 6.68. The van der Waals surface area contributed by atoms with Crippen LogP contribution in [0, 0.1) is 17.1 Å². The Bertz CT molecular complexity index is 1030. The van der Waals surface area contributed by atoms with Crippen LogP contribution in [0.5, 0.6) is 0 Å². The summed E-state index contributed by atoms with van der Waals surface area (Å²) in [7, 11) is 0. The van der Waals surface area contributed by atoms with Gasteiger partial charge >= 0.3 is 0 Å². The quantitative estimate of drug-likeness (QED) is 0.438. The zero-order valence-corrected chi connectivity index (χ0v) is 17.0. The van der Waals surface area contributed by atoms with Crippen LogP contribution in [0.4, 0.5) is 4.39 Å². The first-order valence-corrected chi connectivity index (χ1v) is 10.6. The third kappa shape index (κ3) is 4.38. The molecule has 4 nitrogen and oxygen atoms in total. The monoisotopic (exact) mass is 408 g/mol. The fraction of sp³-hybridized carbons (Fsp3) is 0.261. The van der Waals surface area contributed by atoms with Crippen LogP contribution >= 0.6 is 11.9 Å². The maximum Gasteiger partial charge on any atom is 0.138 e. The minimum atomic E-state index is -0.145. The van der Waals surface area contributed by atoms with Gasteiger partial charge in [-0.15, -0.1) is 0 Å². The predicted octanol–water partition coefficient (Wildman–Crippen LogP) is 5.15. The molecule has 2 aromatic carbocycles. The Kier molecular flexibility index (Phi) is 6.02. The lowest BCUT2D eigenvalue weighted by Gasteiger charge is -2.31. The lowest BCUT2D eigenvalue weighted by molar-refractivity contribution is 0.269. The van der Waals surface area contributed by atoms with Gasteiger partial charge in [-0.3, -0.25) is 0 Å². The SMILES string of the molecule is N=C/C(=C\N)c1ccc2c(ccn2CC2CCN(Sc3ccccc3F)CC2)c1. The maximum absolute atomic E-state index is 13.9. The maximum atomic E-state index is 13.9. The van der Waals surface area contributed by atoms with E-state index in [2.05, 4.69) is 33.3 Å². The molecule has 150 valence electrons. The summed E-state index contributed by atoms with van der Waals surface area (Å²) in [5, 5.41) is 8.64. The van der Waals surface area contributed by atoms with Crippen LogP contribution in [0.1, 0.15) is 18.4 Å². The summed E-state index contributed by atoms with van der Waals surface area (Å²) in [5.74, 6) is 0.470. The van der Waals surface area contributed by atoms with E-state index in [1.165, 1.54) is 35.9 Å². The van der Waals surface area contributed by atoms with Crippen molar-refractivity contribution in [2.45, 2.75) is 24.3 Å². The number of hydrogen-bond donors (Lipinski definition) is 2. The number of rotatable bonds is 6. The topological polar surface area (TPSA) is 58.0 Å². The Balaban J connectivity index is 1.39. The van der Waals surface area contributed by atoms with Gasteiger partial charge < -0.3 is 15.7 Å². The van der Waals surface area contributed by atoms with Crippen molar-refractivity contribution in [3.63, 3.8) is 0 Å². The van der Waals surface area contributed by atoms with Gasteiger partial charge in [0, 0.05) is 54.7 Å². The zero-order chi connectivity index (χ0) is 20.2. The second-order valence-electron chi connectivity index (χ2n) is 7.40. The number of hydrogen-bond acceptors (Lipinski definition) is 4. The van der Waals surface area contributed by atoms with Crippen molar-refractivity contribution in [1.82, 2.24) is 8.87 Å². The van der Waals surface area contributed by atoms with Crippen LogP contribution in [0.3, 0.4) is 0 Å². The second kappa shape index (κ2) is 8.84. The van der Waals surface area contributed by atoms with Crippen molar-refractivity contribution < 1.29 is 4.39 Å². The summed E-state index contributed by atoms with van der Waals surface area (Å²) in [4.78, 5) is 0.703. The van der Waals surface area contributed by atoms with Crippen molar-refractivity contribution in [3.05, 3.63) is 72.3 Å². The van der Waals surface area contributed by atoms with Gasteiger partial charge in [0.15, 0.2) is 0 Å². The molecule has 0 atom stereocenters. The van der Waals surface area contributed by atoms with Gasteiger partial charge in [0.25, 0.3) is 0 Å². The molecule has 0 saturated carbocycles. The van der Waals surface area contributed by atoms with Crippen LogP contribution in [0.15, 0.2) is 65.8 Å². The molecule has 3 N–H and O–H groups in total. The third-order valence-electron chi connectivity index (χ3n) is 5.53. The molecule has 1 saturated heterocycles. The Morgan fingerprint density at radius 2 is 1.97 bits per heavy atom. The molecule has 29 heavy (non-hydrogen) atoms. The molecule has 1 aliphatic rings. The van der Waals surface area contributed by atoms with Crippen molar-refractivity contribution in [1.29, 1.82) is 5.41 Å². The van der Waals surface area contributed by atoms with E-state index in [0.29, 0.717) is 10.8 Å². The zero-order valence-electron chi connectivity index (χ0n) is 16.2. The molecule has 0 unspecified atom stereocenters. The number of aromatic nitrogens is 1. The van der Waals surface area contributed by atoms with Gasteiger partial charge in [-0.2, -0.15) is 0 Å². The number of nitrogens with zero attached hydrogens (tertiary/aromatic N) is 2. The number of allylic oxidation sites excluding steroid dienone is 1. The first-order valence-electron chi connectivity index (χ1n) is 9.87. The molecule has 0 amide bonds. The summed E-state index contributed by atoms with van der Waals surface area (Å²) in [6, 6.07) is 15.3. The molecule has 0 bridgehead atoms. The van der Waals surface area contributed by atoms with Gasteiger partial charge in [0.1, 0.15) is 5.82 Å². The van der Waals surface area contributed by atoms with Gasteiger partial charge in [-0.05, 0) is 66.6 Å². The average Bonchev–Trinajstić information content (AvgIpc) is 3.14. The molecular weight excluding hydrogens is 383 g/mol. The van der Waals surface area contributed by atoms with Crippen LogP contribution < -0.4 is 5.73 Å². The lowest BCUT2D eigenvalue weighted by atomic mass is 9.98. The molecule has 0 radical (unpaired) electrons. The van der Waals surface area contributed by atoms with E-state index in [0.717, 1.165) is 49.0 Å². The molecule has 1 fully saturated rings. The fourth-order valence-corrected chi connectivity index (χ4v) is 4.85. The molecule has 0 aliphatic carbocycles. The minimum Gasteiger partial charge on any atom is -0.404 e. The summed E-state index contributed by atoms with van der Waals surface area (Å²) in [5.41, 5.74) is 8.50. The highest BCUT2D eigenvalue weighted by atomic mass is 32.2. The van der Waals surface area contributed by atoms with Gasteiger partial charge in [-0.25, -0.2) is 8.70 Å². The molecular formula is C23H25FN4S. The first-order chi connectivity index (χ1) is 14.2. The predicted molar refractivity (Wildman–Crippen MR) is 119 cm³/mol. The summed E-state index contributed by atoms with van der Waals surface area (Å²) in [6.07, 6.45) is 7.11. The van der Waals surface area contributed by atoms with Gasteiger partial charge in [-0.1, -0.05) is 18.2 Å². The normalized spacial score (nSPS) is 16.4. The Morgan fingerprint density at radius 3 is 2.69 bits per heavy atom. The Morgan fingerprint density at radius 1 is 1.17 bits per heavy atom. The van der Waals surface area contributed by atoms with E-state index in [9.17, 15) is 4.39 Å². The Labute approximate surface area is 174 Å². The fourth-order valence-electron chi connectivity index (χ4n) is 3.89. The standard InChI is InChI=1S/C23H25FN4S/c24-21-3-1-2-4-23(21)29-28-11-7-17(8-12-28)16-27-10-9-19-13-18(5-6-22(19)27)20(14-25)15-26/h1-6,9-10,13-15,17,25H,7-8,11-12,16,26H2/b20-15+,25-14?. The van der Waals surface area contributed by atoms with Gasteiger partial charge in [0.05, 0.1) is 4.90 Å². The smallest absolute Gasteiger partial charge is 0.138 e. The molecule has 0 spiro atoms. The molecule has 1 aliphatic heterocycles. The van der Waals surface area contributed by atoms with Crippen molar-refractivity contribution >= 4 is 34.6 Å². The van der Waals surface area contributed by atoms with E-state index < -0.39 is 0 Å². The van der Waals surface area contributed by atoms with Crippen molar-refractivity contribution in [2.24, 2.45) is 11.7 Å². The van der Waals surface area contributed by atoms with E-state index in [-0.39, 0.29) is 5.82 Å². The van der Waals surface area contributed by atoms with Crippen LogP contribution in [-0.2, 0) is 6.54 Å². The number of nitrogens with one attached hydrogen (secondary N) is 1. The van der Waals surface area contributed by atoms with E-state index in [4.69, 9.17) is 11.1 Å². The van der Waals surface area contributed by atoms with E-state index >= 15 is 0 Å². The molecule has 2 heterocycles. The number of halogens is 1. The summed E-state index contributed by atoms with van der Waals surface area (Å²) in [6.45, 7) is 2.93. The van der Waals surface area contributed by atoms with Crippen molar-refractivity contribution in [3.8, 4) is 0 Å². The van der Waals surface area contributed by atoms with E-state index in [1.807, 2.05) is 18.2 Å². The first kappa shape index (κ1) is 19.7. The number of nitrogens with two attached hydrogens (primary N) is 1. The largest absolute Gasteiger partial charge is 0.404 e. The second-order valence-corrected chi connectivity index (χ2v) is 8.54. The Hall–Kier alpha value is -2.57. The molecule has 3 aromatic rings. The lowest BCUT2D eigenvalue weighted by Crippen LogP contribution is -2.30. The van der Waals surface area contributed by atoms with Crippen molar-refractivity contribution in [2.75, 3.05) is 13.1 Å². The minimum absolute atomic E-state index is 0.145. The number of benzene rings is 2. The molecule has 6 heteroatoms. The highest BCUT2D eigenvalue weighted by molar-refractivity contribution is 7.97. The average molecular weight is 409 g/mol. The van der Waals surface area contributed by atoms with E-state index in [1.54, 1.807) is 6.07 Å². The highest BCUT2D eigenvalue weighted by Crippen LogP contribution is 2.31. The molecule has 1 aromatic heterocycles. The number of piperidine rings is 1. The van der Waals surface area contributed by atoms with Crippen LogP contribution in [-0.4, -0.2) is 28.2 Å². The van der Waals surface area contributed by atoms with Gasteiger partial charge in [0.2, 0.25) is 0 Å². The summed E-state index contributed by atoms with van der Waals surface area (Å²) >= 11 is 1.53. The highest BCUT2D eigenvalue weighted by Gasteiger charge is 2.21. The van der Waals surface area contributed by atoms with Crippen LogP contribution in [0.2, 0.25) is 0 Å². The van der Waals surface area contributed by atoms with Crippen LogP contribution in [0.25, 0.3) is 16.5 Å².